The quantitative estimate of drug-likeness (QED) is 0.712. The summed E-state index contributed by atoms with van der Waals surface area (Å²) in [4.78, 5) is 25.7. The molecule has 0 unspecified atom stereocenters. The van der Waals surface area contributed by atoms with E-state index in [0.29, 0.717) is 18.8 Å². The monoisotopic (exact) mass is 363 g/mol. The maximum atomic E-state index is 13.0. The summed E-state index contributed by atoms with van der Waals surface area (Å²) in [5, 5.41) is 10.4. The Morgan fingerprint density at radius 1 is 1.24 bits per heavy atom. The third-order valence-electron chi connectivity index (χ3n) is 4.14. The molecule has 8 heteroatoms. The summed E-state index contributed by atoms with van der Waals surface area (Å²) in [5.41, 5.74) is 8.61. The van der Waals surface area contributed by atoms with Gasteiger partial charge in [-0.15, -0.1) is 12.4 Å². The minimum absolute atomic E-state index is 0. The van der Waals surface area contributed by atoms with Gasteiger partial charge in [0.1, 0.15) is 0 Å². The van der Waals surface area contributed by atoms with Crippen LogP contribution >= 0.6 is 12.4 Å². The zero-order valence-corrected chi connectivity index (χ0v) is 14.6. The summed E-state index contributed by atoms with van der Waals surface area (Å²) in [6, 6.07) is 9.67. The molecule has 0 spiro atoms. The Morgan fingerprint density at radius 2 is 2.00 bits per heavy atom. The molecule has 4 N–H and O–H groups in total. The number of fused-ring (bicyclic) bond motifs is 1. The van der Waals surface area contributed by atoms with E-state index in [0.717, 1.165) is 29.8 Å². The highest BCUT2D eigenvalue weighted by molar-refractivity contribution is 5.94. The fourth-order valence-corrected chi connectivity index (χ4v) is 2.85. The average molecular weight is 364 g/mol. The molecular weight excluding hydrogens is 342 g/mol. The number of aromatic amines is 1. The highest BCUT2D eigenvalue weighted by Gasteiger charge is 2.25. The van der Waals surface area contributed by atoms with E-state index in [1.165, 1.54) is 0 Å². The third-order valence-corrected chi connectivity index (χ3v) is 4.14. The zero-order valence-electron chi connectivity index (χ0n) is 13.8. The minimum Gasteiger partial charge on any atom is -0.370 e. The second-order valence-corrected chi connectivity index (χ2v) is 5.88. The number of aromatic nitrogens is 2. The van der Waals surface area contributed by atoms with Gasteiger partial charge in [0.15, 0.2) is 5.69 Å². The van der Waals surface area contributed by atoms with Gasteiger partial charge < -0.3 is 16.0 Å². The van der Waals surface area contributed by atoms with Gasteiger partial charge in [-0.25, -0.2) is 0 Å². The van der Waals surface area contributed by atoms with E-state index in [2.05, 4.69) is 15.5 Å². The molecule has 2 aromatic rings. The Balaban J connectivity index is 0.00000225. The highest BCUT2D eigenvalue weighted by Crippen LogP contribution is 2.18. The average Bonchev–Trinajstić information content (AvgIpc) is 3.03. The number of rotatable bonds is 6. The summed E-state index contributed by atoms with van der Waals surface area (Å²) in [5.74, 6) is -0.604. The van der Waals surface area contributed by atoms with E-state index >= 15 is 0 Å². The van der Waals surface area contributed by atoms with Crippen molar-refractivity contribution in [2.45, 2.75) is 25.9 Å². The molecule has 134 valence electrons. The number of H-pyrrole nitrogens is 1. The van der Waals surface area contributed by atoms with Crippen molar-refractivity contribution in [2.75, 3.05) is 13.1 Å². The number of nitrogens with one attached hydrogen (secondary N) is 2. The number of primary amides is 1. The van der Waals surface area contributed by atoms with Crippen LogP contribution < -0.4 is 11.1 Å². The van der Waals surface area contributed by atoms with Gasteiger partial charge in [0, 0.05) is 50.3 Å². The van der Waals surface area contributed by atoms with Gasteiger partial charge in [-0.3, -0.25) is 14.7 Å². The van der Waals surface area contributed by atoms with E-state index in [4.69, 9.17) is 5.73 Å². The molecule has 2 heterocycles. The Bertz CT molecular complexity index is 732. The lowest BCUT2D eigenvalue weighted by Gasteiger charge is -2.22. The van der Waals surface area contributed by atoms with Crippen molar-refractivity contribution in [1.29, 1.82) is 0 Å². The molecule has 0 fully saturated rings. The van der Waals surface area contributed by atoms with Crippen LogP contribution in [0.3, 0.4) is 0 Å². The zero-order chi connectivity index (χ0) is 16.9. The second kappa shape index (κ2) is 8.64. The standard InChI is InChI=1S/C17H21N5O2.ClH/c18-15(23)7-9-22(11-12-4-2-1-3-5-12)17(24)16-13-10-19-8-6-14(13)20-21-16;/h1-5,19H,6-11H2,(H2,18,23)(H,20,21);1H. The Labute approximate surface area is 152 Å². The molecule has 0 atom stereocenters. The molecule has 0 saturated carbocycles. The number of hydrogen-bond acceptors (Lipinski definition) is 4. The molecule has 25 heavy (non-hydrogen) atoms. The molecule has 0 bridgehead atoms. The molecule has 0 saturated heterocycles. The number of hydrogen-bond donors (Lipinski definition) is 3. The Kier molecular flexibility index (Phi) is 6.55. The van der Waals surface area contributed by atoms with Gasteiger partial charge in [-0.2, -0.15) is 5.10 Å². The van der Waals surface area contributed by atoms with Gasteiger partial charge in [-0.05, 0) is 5.56 Å². The van der Waals surface area contributed by atoms with Crippen LogP contribution in [0, 0.1) is 0 Å². The smallest absolute Gasteiger partial charge is 0.275 e. The first kappa shape index (κ1) is 19.0. The van der Waals surface area contributed by atoms with Crippen molar-refractivity contribution < 1.29 is 9.59 Å². The van der Waals surface area contributed by atoms with Crippen molar-refractivity contribution in [3.05, 3.63) is 52.8 Å². The number of benzene rings is 1. The fraction of sp³-hybridized carbons (Fsp3) is 0.353. The topological polar surface area (TPSA) is 104 Å². The SMILES string of the molecule is Cl.NC(=O)CCN(Cc1ccccc1)C(=O)c1n[nH]c2c1CNCC2. The van der Waals surface area contributed by atoms with Crippen molar-refractivity contribution in [1.82, 2.24) is 20.4 Å². The lowest BCUT2D eigenvalue weighted by Crippen LogP contribution is -2.35. The first-order chi connectivity index (χ1) is 11.6. The molecular formula is C17H22ClN5O2. The number of nitrogens with two attached hydrogens (primary N) is 1. The first-order valence-corrected chi connectivity index (χ1v) is 8.03. The summed E-state index contributed by atoms with van der Waals surface area (Å²) < 4.78 is 0. The van der Waals surface area contributed by atoms with Gasteiger partial charge in [0.2, 0.25) is 5.91 Å². The molecule has 0 radical (unpaired) electrons. The summed E-state index contributed by atoms with van der Waals surface area (Å²) in [6.45, 7) is 2.19. The lowest BCUT2D eigenvalue weighted by atomic mass is 10.1. The molecule has 1 aromatic heterocycles. The first-order valence-electron chi connectivity index (χ1n) is 8.03. The van der Waals surface area contributed by atoms with E-state index < -0.39 is 5.91 Å². The highest BCUT2D eigenvalue weighted by atomic mass is 35.5. The number of halogens is 1. The van der Waals surface area contributed by atoms with Gasteiger partial charge in [-0.1, -0.05) is 30.3 Å². The molecule has 1 aliphatic rings. The second-order valence-electron chi connectivity index (χ2n) is 5.88. The minimum atomic E-state index is -0.424. The van der Waals surface area contributed by atoms with E-state index in [1.54, 1.807) is 4.90 Å². The van der Waals surface area contributed by atoms with E-state index in [9.17, 15) is 9.59 Å². The number of nitrogens with zero attached hydrogens (tertiary/aromatic N) is 2. The largest absolute Gasteiger partial charge is 0.370 e. The number of carbonyl (C=O) groups is 2. The Morgan fingerprint density at radius 3 is 2.72 bits per heavy atom. The predicted octanol–water partition coefficient (Wildman–Crippen LogP) is 0.995. The number of carbonyl (C=O) groups excluding carboxylic acids is 2. The van der Waals surface area contributed by atoms with Crippen LogP contribution in [-0.4, -0.2) is 40.0 Å². The van der Waals surface area contributed by atoms with E-state index in [-0.39, 0.29) is 31.3 Å². The van der Waals surface area contributed by atoms with Crippen LogP contribution in [0.5, 0.6) is 0 Å². The Hall–Kier alpha value is -2.38. The van der Waals surface area contributed by atoms with Crippen LogP contribution in [0.1, 0.15) is 33.7 Å². The summed E-state index contributed by atoms with van der Waals surface area (Å²) in [6.07, 6.45) is 0.957. The van der Waals surface area contributed by atoms with Crippen LogP contribution in [0.4, 0.5) is 0 Å². The predicted molar refractivity (Wildman–Crippen MR) is 96.2 cm³/mol. The van der Waals surface area contributed by atoms with Crippen molar-refractivity contribution in [3.63, 3.8) is 0 Å². The fourth-order valence-electron chi connectivity index (χ4n) is 2.85. The van der Waals surface area contributed by atoms with Crippen LogP contribution in [0.2, 0.25) is 0 Å². The van der Waals surface area contributed by atoms with Crippen molar-refractivity contribution >= 4 is 24.2 Å². The molecule has 1 aliphatic heterocycles. The van der Waals surface area contributed by atoms with Gasteiger partial charge >= 0.3 is 0 Å². The lowest BCUT2D eigenvalue weighted by molar-refractivity contribution is -0.118. The normalized spacial score (nSPS) is 12.8. The van der Waals surface area contributed by atoms with Crippen molar-refractivity contribution in [2.24, 2.45) is 5.73 Å². The third kappa shape index (κ3) is 4.58. The molecule has 3 rings (SSSR count). The van der Waals surface area contributed by atoms with Crippen molar-refractivity contribution in [3.8, 4) is 0 Å². The maximum absolute atomic E-state index is 13.0. The van der Waals surface area contributed by atoms with Crippen LogP contribution in [-0.2, 0) is 24.3 Å². The maximum Gasteiger partial charge on any atom is 0.275 e. The summed E-state index contributed by atoms with van der Waals surface area (Å²) in [7, 11) is 0. The molecule has 2 amide bonds. The summed E-state index contributed by atoms with van der Waals surface area (Å²) >= 11 is 0. The van der Waals surface area contributed by atoms with E-state index in [1.807, 2.05) is 30.3 Å². The number of amides is 2. The molecule has 1 aromatic carbocycles. The van der Waals surface area contributed by atoms with Crippen LogP contribution in [0.15, 0.2) is 30.3 Å². The molecule has 7 nitrogen and oxygen atoms in total. The van der Waals surface area contributed by atoms with Gasteiger partial charge in [0.25, 0.3) is 5.91 Å². The molecule has 0 aliphatic carbocycles. The van der Waals surface area contributed by atoms with Crippen LogP contribution in [0.25, 0.3) is 0 Å². The van der Waals surface area contributed by atoms with Gasteiger partial charge in [0.05, 0.1) is 0 Å².